The van der Waals surface area contributed by atoms with Crippen LogP contribution in [-0.4, -0.2) is 53.8 Å². The zero-order valence-electron chi connectivity index (χ0n) is 12.3. The first-order valence-electron chi connectivity index (χ1n) is 7.38. The average molecular weight is 314 g/mol. The van der Waals surface area contributed by atoms with Crippen molar-refractivity contribution in [3.05, 3.63) is 11.9 Å². The van der Waals surface area contributed by atoms with Crippen LogP contribution in [0.5, 0.6) is 0 Å². The van der Waals surface area contributed by atoms with Crippen molar-refractivity contribution >= 4 is 15.6 Å². The molecule has 1 N–H and O–H groups in total. The van der Waals surface area contributed by atoms with Crippen molar-refractivity contribution in [3.8, 4) is 0 Å². The van der Waals surface area contributed by atoms with Crippen LogP contribution in [0.3, 0.4) is 0 Å². The molecule has 1 aliphatic heterocycles. The minimum atomic E-state index is -3.13. The van der Waals surface area contributed by atoms with E-state index in [4.69, 9.17) is 0 Å². The third-order valence-electron chi connectivity index (χ3n) is 3.63. The van der Waals surface area contributed by atoms with E-state index in [-0.39, 0.29) is 35.4 Å². The Morgan fingerprint density at radius 3 is 2.76 bits per heavy atom. The Kier molecular flexibility index (Phi) is 5.46. The summed E-state index contributed by atoms with van der Waals surface area (Å²) in [5.74, 6) is -0.239. The maximum Gasteiger partial charge on any atom is 0.185 e. The van der Waals surface area contributed by atoms with Crippen molar-refractivity contribution < 1.29 is 13.2 Å². The molecule has 8 heteroatoms. The largest absolute Gasteiger partial charge is 0.317 e. The molecule has 21 heavy (non-hydrogen) atoms. The van der Waals surface area contributed by atoms with Crippen molar-refractivity contribution in [2.24, 2.45) is 0 Å². The molecule has 0 saturated carbocycles. The molecule has 1 saturated heterocycles. The third kappa shape index (κ3) is 4.60. The summed E-state index contributed by atoms with van der Waals surface area (Å²) < 4.78 is 25.0. The first-order chi connectivity index (χ1) is 10.0. The second kappa shape index (κ2) is 7.13. The lowest BCUT2D eigenvalue weighted by atomic mass is 10.1. The maximum atomic E-state index is 12.0. The van der Waals surface area contributed by atoms with Gasteiger partial charge in [0.2, 0.25) is 0 Å². The average Bonchev–Trinajstić information content (AvgIpc) is 2.96. The van der Waals surface area contributed by atoms with Crippen molar-refractivity contribution in [2.45, 2.75) is 38.6 Å². The zero-order chi connectivity index (χ0) is 15.3. The number of carbonyl (C=O) groups excluding carboxylic acids is 1. The number of hydrogen-bond acceptors (Lipinski definition) is 6. The van der Waals surface area contributed by atoms with Gasteiger partial charge >= 0.3 is 0 Å². The second-order valence-corrected chi connectivity index (χ2v) is 7.69. The van der Waals surface area contributed by atoms with E-state index in [0.29, 0.717) is 6.42 Å². The monoisotopic (exact) mass is 314 g/mol. The van der Waals surface area contributed by atoms with Gasteiger partial charge < -0.3 is 5.32 Å². The number of piperidine rings is 1. The van der Waals surface area contributed by atoms with Crippen LogP contribution in [0.25, 0.3) is 0 Å². The molecule has 0 aromatic carbocycles. The van der Waals surface area contributed by atoms with Gasteiger partial charge in [0, 0.05) is 12.2 Å². The van der Waals surface area contributed by atoms with Crippen LogP contribution in [0.2, 0.25) is 0 Å². The minimum Gasteiger partial charge on any atom is -0.317 e. The number of nitrogens with zero attached hydrogens (tertiary/aromatic N) is 3. The lowest BCUT2D eigenvalue weighted by Crippen LogP contribution is -2.29. The molecule has 1 aromatic heterocycles. The quantitative estimate of drug-likeness (QED) is 0.741. The van der Waals surface area contributed by atoms with Crippen molar-refractivity contribution in [2.75, 3.05) is 24.6 Å². The molecule has 118 valence electrons. The number of hydrogen-bond donors (Lipinski definition) is 1. The summed E-state index contributed by atoms with van der Waals surface area (Å²) in [7, 11) is -3.13. The highest BCUT2D eigenvalue weighted by molar-refractivity contribution is 7.91. The maximum absolute atomic E-state index is 12.0. The second-order valence-electron chi connectivity index (χ2n) is 5.39. The van der Waals surface area contributed by atoms with E-state index < -0.39 is 9.84 Å². The summed E-state index contributed by atoms with van der Waals surface area (Å²) in [5.41, 5.74) is 0.264. The van der Waals surface area contributed by atoms with E-state index in [1.807, 2.05) is 6.92 Å². The minimum absolute atomic E-state index is 0.0206. The van der Waals surface area contributed by atoms with Gasteiger partial charge in [0.05, 0.1) is 18.0 Å². The molecule has 2 rings (SSSR count). The fourth-order valence-corrected chi connectivity index (χ4v) is 3.77. The highest BCUT2D eigenvalue weighted by Gasteiger charge is 2.20. The van der Waals surface area contributed by atoms with Crippen LogP contribution < -0.4 is 5.32 Å². The lowest BCUT2D eigenvalue weighted by molar-refractivity contribution is 0.0984. The van der Waals surface area contributed by atoms with Crippen molar-refractivity contribution in [1.29, 1.82) is 0 Å². The van der Waals surface area contributed by atoms with Crippen LogP contribution in [0, 0.1) is 0 Å². The Balaban J connectivity index is 1.92. The molecule has 0 radical (unpaired) electrons. The van der Waals surface area contributed by atoms with Gasteiger partial charge in [0.15, 0.2) is 15.6 Å². The number of nitrogens with one attached hydrogen (secondary N) is 1. The number of rotatable bonds is 7. The van der Waals surface area contributed by atoms with Gasteiger partial charge in [-0.15, -0.1) is 5.10 Å². The molecule has 2 heterocycles. The SMILES string of the molecule is CCCS(=O)(=O)CCC(=O)c1cn(C2CCNCC2)nn1. The standard InChI is InChI=1S/C13H22N4O3S/c1-2-8-21(19,20)9-5-13(18)12-10-17(16-15-12)11-3-6-14-7-4-11/h10-11,14H,2-9H2,1H3. The number of sulfone groups is 1. The molecular formula is C13H22N4O3S. The Labute approximate surface area is 125 Å². The molecule has 0 unspecified atom stereocenters. The number of Topliss-reactive ketones (excluding diaryl/α,β-unsaturated/α-hetero) is 1. The van der Waals surface area contributed by atoms with Crippen LogP contribution in [0.15, 0.2) is 6.20 Å². The van der Waals surface area contributed by atoms with E-state index in [1.165, 1.54) is 0 Å². The summed E-state index contributed by atoms with van der Waals surface area (Å²) >= 11 is 0. The highest BCUT2D eigenvalue weighted by Crippen LogP contribution is 2.17. The first kappa shape index (κ1) is 16.1. The Morgan fingerprint density at radius 2 is 2.10 bits per heavy atom. The van der Waals surface area contributed by atoms with Gasteiger partial charge in [-0.05, 0) is 32.4 Å². The Hall–Kier alpha value is -1.28. The van der Waals surface area contributed by atoms with Gasteiger partial charge in [0.1, 0.15) is 5.69 Å². The predicted molar refractivity (Wildman–Crippen MR) is 79.1 cm³/mol. The van der Waals surface area contributed by atoms with Gasteiger partial charge in [-0.1, -0.05) is 12.1 Å². The van der Waals surface area contributed by atoms with Gasteiger partial charge in [0.25, 0.3) is 0 Å². The summed E-state index contributed by atoms with van der Waals surface area (Å²) in [6.07, 6.45) is 4.12. The molecule has 0 amide bonds. The molecule has 1 aromatic rings. The van der Waals surface area contributed by atoms with E-state index in [2.05, 4.69) is 15.6 Å². The molecule has 0 aliphatic carbocycles. The summed E-state index contributed by atoms with van der Waals surface area (Å²) in [6.45, 7) is 3.68. The van der Waals surface area contributed by atoms with E-state index in [0.717, 1.165) is 25.9 Å². The Bertz CT molecular complexity index is 576. The number of aromatic nitrogens is 3. The molecule has 0 atom stereocenters. The summed E-state index contributed by atoms with van der Waals surface area (Å²) in [6, 6.07) is 0.268. The van der Waals surface area contributed by atoms with Crippen LogP contribution in [-0.2, 0) is 9.84 Å². The highest BCUT2D eigenvalue weighted by atomic mass is 32.2. The molecule has 1 aliphatic rings. The topological polar surface area (TPSA) is 94.0 Å². The molecule has 0 spiro atoms. The van der Waals surface area contributed by atoms with Crippen LogP contribution in [0.4, 0.5) is 0 Å². The van der Waals surface area contributed by atoms with Gasteiger partial charge in [-0.3, -0.25) is 4.79 Å². The molecule has 7 nitrogen and oxygen atoms in total. The van der Waals surface area contributed by atoms with Crippen molar-refractivity contribution in [1.82, 2.24) is 20.3 Å². The predicted octanol–water partition coefficient (Wildman–Crippen LogP) is 0.600. The summed E-state index contributed by atoms with van der Waals surface area (Å²) in [4.78, 5) is 12.0. The fraction of sp³-hybridized carbons (Fsp3) is 0.769. The van der Waals surface area contributed by atoms with Crippen LogP contribution >= 0.6 is 0 Å². The van der Waals surface area contributed by atoms with E-state index in [1.54, 1.807) is 10.9 Å². The lowest BCUT2D eigenvalue weighted by Gasteiger charge is -2.22. The number of ketones is 1. The smallest absolute Gasteiger partial charge is 0.185 e. The molecular weight excluding hydrogens is 292 g/mol. The first-order valence-corrected chi connectivity index (χ1v) is 9.20. The van der Waals surface area contributed by atoms with Crippen LogP contribution in [0.1, 0.15) is 49.1 Å². The third-order valence-corrected chi connectivity index (χ3v) is 5.49. The fourth-order valence-electron chi connectivity index (χ4n) is 2.44. The normalized spacial score (nSPS) is 17.0. The molecule has 1 fully saturated rings. The zero-order valence-corrected chi connectivity index (χ0v) is 13.1. The number of carbonyl (C=O) groups is 1. The van der Waals surface area contributed by atoms with E-state index in [9.17, 15) is 13.2 Å². The van der Waals surface area contributed by atoms with Gasteiger partial charge in [-0.25, -0.2) is 13.1 Å². The molecule has 0 bridgehead atoms. The summed E-state index contributed by atoms with van der Waals surface area (Å²) in [5, 5.41) is 11.2. The Morgan fingerprint density at radius 1 is 1.38 bits per heavy atom. The van der Waals surface area contributed by atoms with Crippen molar-refractivity contribution in [3.63, 3.8) is 0 Å². The van der Waals surface area contributed by atoms with E-state index >= 15 is 0 Å². The van der Waals surface area contributed by atoms with Gasteiger partial charge in [-0.2, -0.15) is 0 Å².